The highest BCUT2D eigenvalue weighted by Gasteiger charge is 2.29. The van der Waals surface area contributed by atoms with E-state index < -0.39 is 46.3 Å². The summed E-state index contributed by atoms with van der Waals surface area (Å²) in [6.07, 6.45) is 0. The molecule has 0 spiro atoms. The quantitative estimate of drug-likeness (QED) is 0.679. The van der Waals surface area contributed by atoms with Crippen molar-refractivity contribution in [2.45, 2.75) is 6.04 Å². The molecule has 0 unspecified atom stereocenters. The van der Waals surface area contributed by atoms with E-state index in [0.717, 1.165) is 13.2 Å². The fraction of sp³-hybridized carbons (Fsp3) is 0.118. The topological polar surface area (TPSA) is 85.9 Å². The molecule has 126 valence electrons. The Hall–Kier alpha value is -3.52. The van der Waals surface area contributed by atoms with E-state index in [0.29, 0.717) is 5.56 Å². The van der Waals surface area contributed by atoms with Crippen LogP contribution in [0.1, 0.15) is 22.7 Å². The van der Waals surface area contributed by atoms with E-state index in [2.05, 4.69) is 10.1 Å². The predicted octanol–water partition coefficient (Wildman–Crippen LogP) is 3.17. The van der Waals surface area contributed by atoms with Crippen LogP contribution in [0, 0.1) is 40.1 Å². The molecule has 2 aromatic carbocycles. The van der Waals surface area contributed by atoms with E-state index in [-0.39, 0.29) is 0 Å². The second-order valence-corrected chi connectivity index (χ2v) is 4.80. The number of halogens is 3. The Morgan fingerprint density at radius 2 is 1.64 bits per heavy atom. The minimum absolute atomic E-state index is 0.322. The number of esters is 1. The molecule has 1 N–H and O–H groups in total. The van der Waals surface area contributed by atoms with Crippen LogP contribution in [0.5, 0.6) is 0 Å². The lowest BCUT2D eigenvalue weighted by atomic mass is 10.0. The molecule has 0 fully saturated rings. The number of rotatable bonds is 4. The average Bonchev–Trinajstić information content (AvgIpc) is 2.64. The second kappa shape index (κ2) is 7.37. The standard InChI is InChI=1S/C17H10F3N3O2/c1-25-17(24)15(9-5-3-2-4-6-9)23-16-11(8-22)12(18)10(7-21)13(19)14(16)20/h2-6,15,23H,1H3/t15-/m1/s1. The molecule has 0 aliphatic heterocycles. The van der Waals surface area contributed by atoms with Crippen molar-refractivity contribution in [2.24, 2.45) is 0 Å². The lowest BCUT2D eigenvalue weighted by molar-refractivity contribution is -0.141. The third-order valence-corrected chi connectivity index (χ3v) is 3.40. The lowest BCUT2D eigenvalue weighted by Crippen LogP contribution is -2.24. The zero-order valence-electron chi connectivity index (χ0n) is 12.8. The normalized spacial score (nSPS) is 11.1. The van der Waals surface area contributed by atoms with Crippen molar-refractivity contribution in [3.8, 4) is 12.1 Å². The number of benzene rings is 2. The van der Waals surface area contributed by atoms with E-state index in [9.17, 15) is 18.0 Å². The molecule has 0 radical (unpaired) electrons. The van der Waals surface area contributed by atoms with Crippen LogP contribution in [0.2, 0.25) is 0 Å². The monoisotopic (exact) mass is 345 g/mol. The highest BCUT2D eigenvalue weighted by Crippen LogP contribution is 2.31. The molecule has 8 heteroatoms. The summed E-state index contributed by atoms with van der Waals surface area (Å²) in [4.78, 5) is 12.0. The first kappa shape index (κ1) is 17.8. The molecule has 5 nitrogen and oxygen atoms in total. The Morgan fingerprint density at radius 1 is 1.04 bits per heavy atom. The molecular formula is C17H10F3N3O2. The highest BCUT2D eigenvalue weighted by molar-refractivity contribution is 5.82. The minimum atomic E-state index is -1.75. The third kappa shape index (κ3) is 3.24. The first-order valence-corrected chi connectivity index (χ1v) is 6.86. The van der Waals surface area contributed by atoms with Crippen LogP contribution in [0.3, 0.4) is 0 Å². The third-order valence-electron chi connectivity index (χ3n) is 3.40. The van der Waals surface area contributed by atoms with Gasteiger partial charge in [-0.1, -0.05) is 30.3 Å². The maximum Gasteiger partial charge on any atom is 0.332 e. The summed E-state index contributed by atoms with van der Waals surface area (Å²) in [5, 5.41) is 20.1. The summed E-state index contributed by atoms with van der Waals surface area (Å²) in [5.74, 6) is -5.76. The maximum absolute atomic E-state index is 14.3. The molecule has 0 saturated carbocycles. The summed E-state index contributed by atoms with van der Waals surface area (Å²) in [6, 6.07) is 9.09. The number of carbonyl (C=O) groups is 1. The van der Waals surface area contributed by atoms with Crippen LogP contribution in [0.4, 0.5) is 18.9 Å². The van der Waals surface area contributed by atoms with Crippen LogP contribution in [0.25, 0.3) is 0 Å². The van der Waals surface area contributed by atoms with Crippen molar-refractivity contribution in [1.29, 1.82) is 10.5 Å². The number of ether oxygens (including phenoxy) is 1. The Bertz CT molecular complexity index is 902. The molecule has 0 amide bonds. The Balaban J connectivity index is 2.63. The summed E-state index contributed by atoms with van der Waals surface area (Å²) in [5.41, 5.74) is -2.67. The minimum Gasteiger partial charge on any atom is -0.467 e. The predicted molar refractivity (Wildman–Crippen MR) is 80.6 cm³/mol. The number of nitrogens with zero attached hydrogens (tertiary/aromatic N) is 2. The van der Waals surface area contributed by atoms with Gasteiger partial charge in [0.15, 0.2) is 23.5 Å². The number of nitriles is 2. The number of nitrogens with one attached hydrogen (secondary N) is 1. The molecule has 2 rings (SSSR count). The summed E-state index contributed by atoms with van der Waals surface area (Å²) >= 11 is 0. The first-order valence-electron chi connectivity index (χ1n) is 6.86. The van der Waals surface area contributed by atoms with Gasteiger partial charge in [-0.05, 0) is 5.56 Å². The molecule has 0 saturated heterocycles. The number of hydrogen-bond donors (Lipinski definition) is 1. The van der Waals surface area contributed by atoms with Crippen molar-refractivity contribution < 1.29 is 22.7 Å². The fourth-order valence-corrected chi connectivity index (χ4v) is 2.19. The lowest BCUT2D eigenvalue weighted by Gasteiger charge is -2.20. The molecule has 1 atom stereocenters. The number of carbonyl (C=O) groups excluding carboxylic acids is 1. The Morgan fingerprint density at radius 3 is 2.16 bits per heavy atom. The smallest absolute Gasteiger partial charge is 0.332 e. The number of methoxy groups -OCH3 is 1. The zero-order chi connectivity index (χ0) is 18.6. The van der Waals surface area contributed by atoms with Gasteiger partial charge in [-0.2, -0.15) is 10.5 Å². The van der Waals surface area contributed by atoms with E-state index in [1.807, 2.05) is 0 Å². The molecule has 0 bridgehead atoms. The van der Waals surface area contributed by atoms with Gasteiger partial charge in [0.05, 0.1) is 12.8 Å². The number of anilines is 1. The molecule has 25 heavy (non-hydrogen) atoms. The highest BCUT2D eigenvalue weighted by atomic mass is 19.2. The van der Waals surface area contributed by atoms with Gasteiger partial charge < -0.3 is 10.1 Å². The SMILES string of the molecule is COC(=O)[C@H](Nc1c(F)c(F)c(C#N)c(F)c1C#N)c1ccccc1. The van der Waals surface area contributed by atoms with Crippen molar-refractivity contribution >= 4 is 11.7 Å². The van der Waals surface area contributed by atoms with Crippen molar-refractivity contribution in [2.75, 3.05) is 12.4 Å². The van der Waals surface area contributed by atoms with Gasteiger partial charge >= 0.3 is 5.97 Å². The van der Waals surface area contributed by atoms with Crippen molar-refractivity contribution in [1.82, 2.24) is 0 Å². The summed E-state index contributed by atoms with van der Waals surface area (Å²) < 4.78 is 46.8. The van der Waals surface area contributed by atoms with Gasteiger partial charge in [-0.25, -0.2) is 18.0 Å². The molecular weight excluding hydrogens is 335 g/mol. The molecule has 0 aliphatic rings. The molecule has 2 aromatic rings. The zero-order valence-corrected chi connectivity index (χ0v) is 12.8. The Kier molecular flexibility index (Phi) is 5.25. The summed E-state index contributed by atoms with van der Waals surface area (Å²) in [7, 11) is 1.08. The van der Waals surface area contributed by atoms with Crippen LogP contribution in [-0.2, 0) is 9.53 Å². The van der Waals surface area contributed by atoms with Crippen molar-refractivity contribution in [3.63, 3.8) is 0 Å². The van der Waals surface area contributed by atoms with Gasteiger partial charge in [0.25, 0.3) is 0 Å². The molecule has 0 heterocycles. The fourth-order valence-electron chi connectivity index (χ4n) is 2.19. The second-order valence-electron chi connectivity index (χ2n) is 4.80. The Labute approximate surface area is 140 Å². The van der Waals surface area contributed by atoms with Gasteiger partial charge in [0.2, 0.25) is 0 Å². The maximum atomic E-state index is 14.3. The number of hydrogen-bond acceptors (Lipinski definition) is 5. The van der Waals surface area contributed by atoms with Gasteiger partial charge in [0.1, 0.15) is 23.3 Å². The molecule has 0 aromatic heterocycles. The van der Waals surface area contributed by atoms with E-state index >= 15 is 0 Å². The average molecular weight is 345 g/mol. The van der Waals surface area contributed by atoms with E-state index in [4.69, 9.17) is 10.5 Å². The van der Waals surface area contributed by atoms with Gasteiger partial charge in [0, 0.05) is 0 Å². The van der Waals surface area contributed by atoms with E-state index in [1.54, 1.807) is 18.2 Å². The van der Waals surface area contributed by atoms with Crippen LogP contribution in [0.15, 0.2) is 30.3 Å². The van der Waals surface area contributed by atoms with E-state index in [1.165, 1.54) is 18.2 Å². The van der Waals surface area contributed by atoms with Gasteiger partial charge in [-0.15, -0.1) is 0 Å². The van der Waals surface area contributed by atoms with Crippen LogP contribution in [-0.4, -0.2) is 13.1 Å². The van der Waals surface area contributed by atoms with Crippen LogP contribution >= 0.6 is 0 Å². The first-order chi connectivity index (χ1) is 12.0. The summed E-state index contributed by atoms with van der Waals surface area (Å²) in [6.45, 7) is 0. The largest absolute Gasteiger partial charge is 0.467 e. The molecule has 0 aliphatic carbocycles. The van der Waals surface area contributed by atoms with Crippen LogP contribution < -0.4 is 5.32 Å². The van der Waals surface area contributed by atoms with Crippen molar-refractivity contribution in [3.05, 3.63) is 64.5 Å². The van der Waals surface area contributed by atoms with Gasteiger partial charge in [-0.3, -0.25) is 0 Å².